The van der Waals surface area contributed by atoms with Crippen LogP contribution in [0.1, 0.15) is 47.0 Å². The van der Waals surface area contributed by atoms with Gasteiger partial charge in [-0.15, -0.1) is 0 Å². The second-order valence-corrected chi connectivity index (χ2v) is 5.67. The summed E-state index contributed by atoms with van der Waals surface area (Å²) in [5.74, 6) is 0.855. The lowest BCUT2D eigenvalue weighted by Crippen LogP contribution is -2.65. The van der Waals surface area contributed by atoms with Crippen LogP contribution >= 0.6 is 0 Å². The second kappa shape index (κ2) is 3.82. The van der Waals surface area contributed by atoms with Gasteiger partial charge in [0.15, 0.2) is 0 Å². The van der Waals surface area contributed by atoms with Crippen molar-refractivity contribution in [3.8, 4) is 0 Å². The molecule has 0 amide bonds. The van der Waals surface area contributed by atoms with Crippen molar-refractivity contribution in [2.24, 2.45) is 11.7 Å². The Bertz CT molecular complexity index is 192. The van der Waals surface area contributed by atoms with Gasteiger partial charge in [0.25, 0.3) is 0 Å². The molecule has 1 aliphatic carbocycles. The van der Waals surface area contributed by atoms with Crippen LogP contribution in [-0.4, -0.2) is 29.6 Å². The summed E-state index contributed by atoms with van der Waals surface area (Å²) in [4.78, 5) is 2.51. The zero-order valence-corrected chi connectivity index (χ0v) is 10.4. The average molecular weight is 198 g/mol. The maximum Gasteiger partial charge on any atom is 0.0339 e. The van der Waals surface area contributed by atoms with E-state index >= 15 is 0 Å². The summed E-state index contributed by atoms with van der Waals surface area (Å²) in [6.07, 6.45) is 3.71. The first-order valence-corrected chi connectivity index (χ1v) is 5.82. The molecule has 0 aliphatic heterocycles. The number of nitrogens with zero attached hydrogens (tertiary/aromatic N) is 1. The summed E-state index contributed by atoms with van der Waals surface area (Å²) in [5, 5.41) is 0. The van der Waals surface area contributed by atoms with Gasteiger partial charge in [-0.2, -0.15) is 0 Å². The predicted octanol–water partition coefficient (Wildman–Crippen LogP) is 2.23. The first-order valence-electron chi connectivity index (χ1n) is 5.82. The molecule has 0 aromatic carbocycles. The van der Waals surface area contributed by atoms with Crippen LogP contribution in [0, 0.1) is 5.92 Å². The van der Waals surface area contributed by atoms with Crippen molar-refractivity contribution < 1.29 is 0 Å². The minimum Gasteiger partial charge on any atom is -0.329 e. The van der Waals surface area contributed by atoms with E-state index in [1.165, 1.54) is 19.3 Å². The monoisotopic (exact) mass is 198 g/mol. The summed E-state index contributed by atoms with van der Waals surface area (Å²) >= 11 is 0. The highest BCUT2D eigenvalue weighted by Gasteiger charge is 2.47. The number of likely N-dealkylation sites (N-methyl/N-ethyl adjacent to an activating group) is 1. The van der Waals surface area contributed by atoms with Gasteiger partial charge in [-0.1, -0.05) is 13.8 Å². The molecule has 2 heteroatoms. The van der Waals surface area contributed by atoms with Crippen LogP contribution < -0.4 is 5.73 Å². The summed E-state index contributed by atoms with van der Waals surface area (Å²) in [7, 11) is 2.24. The summed E-state index contributed by atoms with van der Waals surface area (Å²) in [6, 6.07) is 0. The Morgan fingerprint density at radius 2 is 1.93 bits per heavy atom. The van der Waals surface area contributed by atoms with Gasteiger partial charge in [0.1, 0.15) is 0 Å². The standard InChI is InChI=1S/C12H26N2/c1-6-11(3,4)14(5)12(9-13)7-10(2)8-12/h10H,6-9,13H2,1-5H3. The van der Waals surface area contributed by atoms with Crippen LogP contribution in [-0.2, 0) is 0 Å². The molecular formula is C12H26N2. The Balaban J connectivity index is 2.71. The lowest BCUT2D eigenvalue weighted by atomic mass is 9.66. The Hall–Kier alpha value is -0.0800. The zero-order valence-electron chi connectivity index (χ0n) is 10.4. The molecule has 0 unspecified atom stereocenters. The lowest BCUT2D eigenvalue weighted by molar-refractivity contribution is -0.0545. The van der Waals surface area contributed by atoms with E-state index in [1.807, 2.05) is 0 Å². The fourth-order valence-corrected chi connectivity index (χ4v) is 2.69. The van der Waals surface area contributed by atoms with Gasteiger partial charge in [-0.25, -0.2) is 0 Å². The Morgan fingerprint density at radius 3 is 2.21 bits per heavy atom. The lowest BCUT2D eigenvalue weighted by Gasteiger charge is -2.57. The van der Waals surface area contributed by atoms with Gasteiger partial charge < -0.3 is 5.73 Å². The highest BCUT2D eigenvalue weighted by molar-refractivity contribution is 5.04. The normalized spacial score (nSPS) is 33.2. The number of rotatable bonds is 4. The molecule has 0 aromatic rings. The van der Waals surface area contributed by atoms with Crippen LogP contribution in [0.2, 0.25) is 0 Å². The van der Waals surface area contributed by atoms with Crippen molar-refractivity contribution >= 4 is 0 Å². The number of hydrogen-bond acceptors (Lipinski definition) is 2. The molecule has 1 aliphatic rings. The van der Waals surface area contributed by atoms with E-state index < -0.39 is 0 Å². The van der Waals surface area contributed by atoms with Gasteiger partial charge >= 0.3 is 0 Å². The van der Waals surface area contributed by atoms with E-state index in [0.29, 0.717) is 5.54 Å². The van der Waals surface area contributed by atoms with Crippen molar-refractivity contribution in [1.29, 1.82) is 0 Å². The van der Waals surface area contributed by atoms with Gasteiger partial charge in [-0.3, -0.25) is 4.90 Å². The third-order valence-electron chi connectivity index (χ3n) is 4.32. The van der Waals surface area contributed by atoms with Crippen molar-refractivity contribution in [1.82, 2.24) is 4.90 Å². The molecule has 2 nitrogen and oxygen atoms in total. The molecule has 1 fully saturated rings. The smallest absolute Gasteiger partial charge is 0.0339 e. The average Bonchev–Trinajstić information content (AvgIpc) is 2.11. The maximum atomic E-state index is 5.94. The first kappa shape index (κ1) is 12.0. The van der Waals surface area contributed by atoms with Crippen LogP contribution in [0.3, 0.4) is 0 Å². The number of hydrogen-bond donors (Lipinski definition) is 1. The molecule has 2 N–H and O–H groups in total. The van der Waals surface area contributed by atoms with E-state index in [-0.39, 0.29) is 5.54 Å². The zero-order chi connectivity index (χ0) is 11.0. The van der Waals surface area contributed by atoms with E-state index in [9.17, 15) is 0 Å². The summed E-state index contributed by atoms with van der Waals surface area (Å²) in [6.45, 7) is 10.0. The third-order valence-corrected chi connectivity index (χ3v) is 4.32. The van der Waals surface area contributed by atoms with Gasteiger partial charge in [0.05, 0.1) is 0 Å². The van der Waals surface area contributed by atoms with Crippen molar-refractivity contribution in [3.63, 3.8) is 0 Å². The largest absolute Gasteiger partial charge is 0.329 e. The molecule has 0 aromatic heterocycles. The SMILES string of the molecule is CCC(C)(C)N(C)C1(CN)CC(C)C1. The molecule has 0 atom stereocenters. The quantitative estimate of drug-likeness (QED) is 0.750. The van der Waals surface area contributed by atoms with Crippen molar-refractivity contribution in [2.75, 3.05) is 13.6 Å². The van der Waals surface area contributed by atoms with E-state index in [2.05, 4.69) is 39.6 Å². The molecule has 0 heterocycles. The highest BCUT2D eigenvalue weighted by Crippen LogP contribution is 2.44. The number of nitrogens with two attached hydrogens (primary N) is 1. The molecular weight excluding hydrogens is 172 g/mol. The Morgan fingerprint density at radius 1 is 1.43 bits per heavy atom. The first-order chi connectivity index (χ1) is 6.38. The Kier molecular flexibility index (Phi) is 3.27. The molecule has 1 saturated carbocycles. The molecule has 84 valence electrons. The predicted molar refractivity (Wildman–Crippen MR) is 62.3 cm³/mol. The van der Waals surface area contributed by atoms with Crippen molar-refractivity contribution in [3.05, 3.63) is 0 Å². The minimum atomic E-state index is 0.277. The fraction of sp³-hybridized carbons (Fsp3) is 1.00. The van der Waals surface area contributed by atoms with Crippen LogP contribution in [0.5, 0.6) is 0 Å². The fourth-order valence-electron chi connectivity index (χ4n) is 2.69. The van der Waals surface area contributed by atoms with Crippen molar-refractivity contribution in [2.45, 2.75) is 58.0 Å². The molecule has 1 rings (SSSR count). The van der Waals surface area contributed by atoms with E-state index in [0.717, 1.165) is 12.5 Å². The molecule has 0 bridgehead atoms. The van der Waals surface area contributed by atoms with Crippen LogP contribution in [0.4, 0.5) is 0 Å². The Labute approximate surface area is 88.8 Å². The summed E-state index contributed by atoms with van der Waals surface area (Å²) in [5.41, 5.74) is 6.51. The second-order valence-electron chi connectivity index (χ2n) is 5.67. The molecule has 0 spiro atoms. The summed E-state index contributed by atoms with van der Waals surface area (Å²) < 4.78 is 0. The minimum absolute atomic E-state index is 0.277. The molecule has 0 radical (unpaired) electrons. The van der Waals surface area contributed by atoms with Gasteiger partial charge in [0.2, 0.25) is 0 Å². The molecule has 0 saturated heterocycles. The van der Waals surface area contributed by atoms with Gasteiger partial charge in [-0.05, 0) is 46.1 Å². The maximum absolute atomic E-state index is 5.94. The van der Waals surface area contributed by atoms with E-state index in [4.69, 9.17) is 5.73 Å². The highest BCUT2D eigenvalue weighted by atomic mass is 15.3. The van der Waals surface area contributed by atoms with E-state index in [1.54, 1.807) is 0 Å². The van der Waals surface area contributed by atoms with Crippen LogP contribution in [0.15, 0.2) is 0 Å². The van der Waals surface area contributed by atoms with Crippen LogP contribution in [0.25, 0.3) is 0 Å². The topological polar surface area (TPSA) is 29.3 Å². The third kappa shape index (κ3) is 1.82. The molecule has 14 heavy (non-hydrogen) atoms. The van der Waals surface area contributed by atoms with Gasteiger partial charge in [0, 0.05) is 17.6 Å².